The van der Waals surface area contributed by atoms with Crippen LogP contribution in [0.5, 0.6) is 0 Å². The number of nitrogen functional groups attached to an aromatic ring is 1. The van der Waals surface area contributed by atoms with Crippen LogP contribution < -0.4 is 11.1 Å². The zero-order valence-corrected chi connectivity index (χ0v) is 9.02. The number of benzene rings is 1. The molecule has 0 heterocycles. The van der Waals surface area contributed by atoms with E-state index in [1.54, 1.807) is 12.1 Å². The van der Waals surface area contributed by atoms with Gasteiger partial charge in [0.25, 0.3) is 0 Å². The van der Waals surface area contributed by atoms with Crippen LogP contribution in [0.3, 0.4) is 0 Å². The SMILES string of the molecule is CCC1(CNc2ccc(N)cc2F)CC1. The number of halogens is 1. The second-order valence-electron chi connectivity index (χ2n) is 4.45. The summed E-state index contributed by atoms with van der Waals surface area (Å²) in [5, 5.41) is 3.16. The molecule has 0 atom stereocenters. The van der Waals surface area contributed by atoms with Gasteiger partial charge in [0.05, 0.1) is 5.69 Å². The van der Waals surface area contributed by atoms with Crippen LogP contribution in [0.25, 0.3) is 0 Å². The van der Waals surface area contributed by atoms with Gasteiger partial charge in [-0.25, -0.2) is 4.39 Å². The fraction of sp³-hybridized carbons (Fsp3) is 0.500. The summed E-state index contributed by atoms with van der Waals surface area (Å²) in [6.07, 6.45) is 3.68. The van der Waals surface area contributed by atoms with E-state index in [4.69, 9.17) is 5.73 Å². The zero-order valence-electron chi connectivity index (χ0n) is 9.02. The number of hydrogen-bond acceptors (Lipinski definition) is 2. The molecule has 0 aliphatic heterocycles. The first kappa shape index (κ1) is 10.3. The van der Waals surface area contributed by atoms with Gasteiger partial charge in [-0.2, -0.15) is 0 Å². The number of hydrogen-bond donors (Lipinski definition) is 2. The lowest BCUT2D eigenvalue weighted by atomic mass is 10.0. The maximum atomic E-state index is 13.4. The summed E-state index contributed by atoms with van der Waals surface area (Å²) in [4.78, 5) is 0. The van der Waals surface area contributed by atoms with E-state index in [-0.39, 0.29) is 5.82 Å². The Morgan fingerprint density at radius 3 is 2.73 bits per heavy atom. The molecular weight excluding hydrogens is 191 g/mol. The Labute approximate surface area is 89.7 Å². The Morgan fingerprint density at radius 1 is 1.47 bits per heavy atom. The van der Waals surface area contributed by atoms with Crippen molar-refractivity contribution in [1.82, 2.24) is 0 Å². The molecule has 0 unspecified atom stereocenters. The standard InChI is InChI=1S/C12H17FN2/c1-2-12(5-6-12)8-15-11-4-3-9(14)7-10(11)13/h3-4,7,15H,2,5-6,8,14H2,1H3. The number of nitrogens with one attached hydrogen (secondary N) is 1. The molecule has 1 saturated carbocycles. The van der Waals surface area contributed by atoms with Gasteiger partial charge in [0, 0.05) is 12.2 Å². The van der Waals surface area contributed by atoms with Gasteiger partial charge >= 0.3 is 0 Å². The predicted octanol–water partition coefficient (Wildman–Crippen LogP) is 3.01. The highest BCUT2D eigenvalue weighted by molar-refractivity contribution is 5.52. The molecule has 0 spiro atoms. The van der Waals surface area contributed by atoms with E-state index in [2.05, 4.69) is 12.2 Å². The number of nitrogens with two attached hydrogens (primary N) is 1. The van der Waals surface area contributed by atoms with Crippen molar-refractivity contribution in [2.24, 2.45) is 5.41 Å². The summed E-state index contributed by atoms with van der Waals surface area (Å²) in [5.41, 5.74) is 6.93. The van der Waals surface area contributed by atoms with Gasteiger partial charge in [-0.1, -0.05) is 6.92 Å². The lowest BCUT2D eigenvalue weighted by Crippen LogP contribution is -2.15. The van der Waals surface area contributed by atoms with Gasteiger partial charge in [-0.05, 0) is 42.9 Å². The van der Waals surface area contributed by atoms with Crippen molar-refractivity contribution in [2.75, 3.05) is 17.6 Å². The van der Waals surface area contributed by atoms with Crippen molar-refractivity contribution < 1.29 is 4.39 Å². The summed E-state index contributed by atoms with van der Waals surface area (Å²) >= 11 is 0. The van der Waals surface area contributed by atoms with Crippen LogP contribution in [0.4, 0.5) is 15.8 Å². The monoisotopic (exact) mass is 208 g/mol. The van der Waals surface area contributed by atoms with Crippen molar-refractivity contribution in [2.45, 2.75) is 26.2 Å². The minimum Gasteiger partial charge on any atom is -0.399 e. The predicted molar refractivity (Wildman–Crippen MR) is 61.3 cm³/mol. The Balaban J connectivity index is 1.99. The average Bonchev–Trinajstić information content (AvgIpc) is 2.97. The highest BCUT2D eigenvalue weighted by Gasteiger charge is 2.40. The third-order valence-corrected chi connectivity index (χ3v) is 3.35. The minimum absolute atomic E-state index is 0.262. The molecule has 3 N–H and O–H groups in total. The molecule has 1 aromatic rings. The Kier molecular flexibility index (Phi) is 2.55. The molecule has 1 aromatic carbocycles. The Hall–Kier alpha value is -1.25. The first-order chi connectivity index (χ1) is 7.15. The van der Waals surface area contributed by atoms with Crippen LogP contribution >= 0.6 is 0 Å². The molecule has 2 nitrogen and oxygen atoms in total. The molecule has 2 rings (SSSR count). The molecule has 0 bridgehead atoms. The van der Waals surface area contributed by atoms with Crippen LogP contribution in [0.2, 0.25) is 0 Å². The fourth-order valence-electron chi connectivity index (χ4n) is 1.79. The van der Waals surface area contributed by atoms with Crippen LogP contribution in [-0.2, 0) is 0 Å². The minimum atomic E-state index is -0.262. The molecule has 0 radical (unpaired) electrons. The fourth-order valence-corrected chi connectivity index (χ4v) is 1.79. The normalized spacial score (nSPS) is 17.5. The van der Waals surface area contributed by atoms with Crippen LogP contribution in [0.1, 0.15) is 26.2 Å². The topological polar surface area (TPSA) is 38.0 Å². The molecular formula is C12H17FN2. The van der Waals surface area contributed by atoms with E-state index >= 15 is 0 Å². The van der Waals surface area contributed by atoms with Gasteiger partial charge in [0.1, 0.15) is 5.82 Å². The molecule has 82 valence electrons. The van der Waals surface area contributed by atoms with E-state index in [9.17, 15) is 4.39 Å². The van der Waals surface area contributed by atoms with E-state index in [1.165, 1.54) is 18.9 Å². The summed E-state index contributed by atoms with van der Waals surface area (Å²) in [6.45, 7) is 3.05. The summed E-state index contributed by atoms with van der Waals surface area (Å²) in [5.74, 6) is -0.262. The second kappa shape index (κ2) is 3.72. The first-order valence-corrected chi connectivity index (χ1v) is 5.44. The molecule has 3 heteroatoms. The smallest absolute Gasteiger partial charge is 0.148 e. The van der Waals surface area contributed by atoms with Gasteiger partial charge in [-0.15, -0.1) is 0 Å². The number of anilines is 2. The van der Waals surface area contributed by atoms with Gasteiger partial charge in [-0.3, -0.25) is 0 Å². The molecule has 0 aromatic heterocycles. The second-order valence-corrected chi connectivity index (χ2v) is 4.45. The summed E-state index contributed by atoms with van der Waals surface area (Å²) in [7, 11) is 0. The third kappa shape index (κ3) is 2.22. The molecule has 0 saturated heterocycles. The highest BCUT2D eigenvalue weighted by atomic mass is 19.1. The molecule has 1 fully saturated rings. The molecule has 0 amide bonds. The molecule has 1 aliphatic carbocycles. The lowest BCUT2D eigenvalue weighted by Gasteiger charge is -2.15. The van der Waals surface area contributed by atoms with Crippen molar-refractivity contribution in [1.29, 1.82) is 0 Å². The largest absolute Gasteiger partial charge is 0.399 e. The van der Waals surface area contributed by atoms with Crippen LogP contribution in [0.15, 0.2) is 18.2 Å². The third-order valence-electron chi connectivity index (χ3n) is 3.35. The Morgan fingerprint density at radius 2 is 2.20 bits per heavy atom. The summed E-state index contributed by atoms with van der Waals surface area (Å²) in [6, 6.07) is 4.78. The van der Waals surface area contributed by atoms with Crippen molar-refractivity contribution in [3.8, 4) is 0 Å². The van der Waals surface area contributed by atoms with Crippen molar-refractivity contribution in [3.63, 3.8) is 0 Å². The maximum absolute atomic E-state index is 13.4. The van der Waals surface area contributed by atoms with E-state index in [0.717, 1.165) is 13.0 Å². The number of rotatable bonds is 4. The average molecular weight is 208 g/mol. The quantitative estimate of drug-likeness (QED) is 0.746. The lowest BCUT2D eigenvalue weighted by molar-refractivity contribution is 0.519. The van der Waals surface area contributed by atoms with Crippen molar-refractivity contribution >= 4 is 11.4 Å². The van der Waals surface area contributed by atoms with Crippen molar-refractivity contribution in [3.05, 3.63) is 24.0 Å². The van der Waals surface area contributed by atoms with E-state index in [1.807, 2.05) is 0 Å². The maximum Gasteiger partial charge on any atom is 0.148 e. The highest BCUT2D eigenvalue weighted by Crippen LogP contribution is 2.48. The Bertz CT molecular complexity index is 359. The summed E-state index contributed by atoms with van der Waals surface area (Å²) < 4.78 is 13.4. The van der Waals surface area contributed by atoms with E-state index < -0.39 is 0 Å². The van der Waals surface area contributed by atoms with E-state index in [0.29, 0.717) is 16.8 Å². The molecule has 15 heavy (non-hydrogen) atoms. The van der Waals surface area contributed by atoms with Gasteiger partial charge < -0.3 is 11.1 Å². The zero-order chi connectivity index (χ0) is 10.9. The van der Waals surface area contributed by atoms with Crippen LogP contribution in [-0.4, -0.2) is 6.54 Å². The van der Waals surface area contributed by atoms with Crippen LogP contribution in [0, 0.1) is 11.2 Å². The van der Waals surface area contributed by atoms with Gasteiger partial charge in [0.2, 0.25) is 0 Å². The molecule has 1 aliphatic rings. The first-order valence-electron chi connectivity index (χ1n) is 5.44. The van der Waals surface area contributed by atoms with Gasteiger partial charge in [0.15, 0.2) is 0 Å².